The molecule has 0 heterocycles. The van der Waals surface area contributed by atoms with Gasteiger partial charge in [-0.1, -0.05) is 64.5 Å². The molecule has 0 saturated heterocycles. The number of hydrogen-bond donors (Lipinski definition) is 2. The van der Waals surface area contributed by atoms with Gasteiger partial charge in [-0.05, 0) is 35.9 Å². The van der Waals surface area contributed by atoms with Crippen molar-refractivity contribution in [2.75, 3.05) is 5.43 Å². The van der Waals surface area contributed by atoms with E-state index in [-0.39, 0.29) is 0 Å². The molecule has 0 saturated carbocycles. The van der Waals surface area contributed by atoms with Crippen molar-refractivity contribution < 1.29 is 4.74 Å². The van der Waals surface area contributed by atoms with Gasteiger partial charge in [-0.15, -0.1) is 0 Å². The van der Waals surface area contributed by atoms with Crippen LogP contribution in [0, 0.1) is 0 Å². The predicted octanol–water partition coefficient (Wildman–Crippen LogP) is 5.14. The SMILES string of the molecule is Brc1cccc(COc2ccccc2CNNc2ccccc2)c1. The van der Waals surface area contributed by atoms with E-state index >= 15 is 0 Å². The summed E-state index contributed by atoms with van der Waals surface area (Å²) in [6, 6.07) is 26.3. The topological polar surface area (TPSA) is 33.3 Å². The third kappa shape index (κ3) is 4.85. The Kier molecular flexibility index (Phi) is 5.88. The second-order valence-electron chi connectivity index (χ2n) is 5.37. The lowest BCUT2D eigenvalue weighted by molar-refractivity contribution is 0.302. The minimum atomic E-state index is 0.544. The number of hydrogen-bond acceptors (Lipinski definition) is 3. The number of ether oxygens (including phenoxy) is 1. The van der Waals surface area contributed by atoms with Gasteiger partial charge in [-0.3, -0.25) is 0 Å². The Morgan fingerprint density at radius 1 is 0.833 bits per heavy atom. The molecule has 0 spiro atoms. The summed E-state index contributed by atoms with van der Waals surface area (Å²) in [5.74, 6) is 0.889. The first kappa shape index (κ1) is 16.6. The zero-order valence-corrected chi connectivity index (χ0v) is 14.8. The monoisotopic (exact) mass is 382 g/mol. The van der Waals surface area contributed by atoms with Crippen molar-refractivity contribution in [2.45, 2.75) is 13.2 Å². The van der Waals surface area contributed by atoms with Crippen molar-refractivity contribution in [3.05, 3.63) is 94.5 Å². The molecule has 3 aromatic carbocycles. The molecule has 0 aromatic heterocycles. The summed E-state index contributed by atoms with van der Waals surface area (Å²) >= 11 is 3.49. The average molecular weight is 383 g/mol. The summed E-state index contributed by atoms with van der Waals surface area (Å²) in [7, 11) is 0. The normalized spacial score (nSPS) is 10.4. The van der Waals surface area contributed by atoms with Crippen LogP contribution >= 0.6 is 15.9 Å². The Bertz CT molecular complexity index is 777. The lowest BCUT2D eigenvalue weighted by atomic mass is 10.2. The van der Waals surface area contributed by atoms with Crippen molar-refractivity contribution in [3.8, 4) is 5.75 Å². The van der Waals surface area contributed by atoms with Crippen molar-refractivity contribution >= 4 is 21.6 Å². The van der Waals surface area contributed by atoms with Crippen LogP contribution in [-0.2, 0) is 13.2 Å². The fraction of sp³-hybridized carbons (Fsp3) is 0.100. The molecule has 0 unspecified atom stereocenters. The number of para-hydroxylation sites is 2. The van der Waals surface area contributed by atoms with Crippen molar-refractivity contribution in [1.82, 2.24) is 5.43 Å². The van der Waals surface area contributed by atoms with E-state index in [1.54, 1.807) is 0 Å². The van der Waals surface area contributed by atoms with E-state index in [0.717, 1.165) is 27.0 Å². The summed E-state index contributed by atoms with van der Waals surface area (Å²) in [6.45, 7) is 1.21. The first-order chi connectivity index (χ1) is 11.8. The van der Waals surface area contributed by atoms with Gasteiger partial charge in [0, 0.05) is 22.3 Å². The fourth-order valence-corrected chi connectivity index (χ4v) is 2.79. The van der Waals surface area contributed by atoms with Crippen LogP contribution in [0.4, 0.5) is 5.69 Å². The molecular weight excluding hydrogens is 364 g/mol. The molecule has 4 heteroatoms. The quantitative estimate of drug-likeness (QED) is 0.554. The van der Waals surface area contributed by atoms with Gasteiger partial charge in [-0.2, -0.15) is 0 Å². The van der Waals surface area contributed by atoms with Gasteiger partial charge in [0.05, 0.1) is 0 Å². The van der Waals surface area contributed by atoms with Gasteiger partial charge in [0.15, 0.2) is 0 Å². The van der Waals surface area contributed by atoms with E-state index in [0.29, 0.717) is 13.2 Å². The number of rotatable bonds is 7. The third-order valence-electron chi connectivity index (χ3n) is 3.54. The van der Waals surface area contributed by atoms with E-state index in [4.69, 9.17) is 4.74 Å². The Morgan fingerprint density at radius 3 is 2.46 bits per heavy atom. The van der Waals surface area contributed by atoms with Gasteiger partial charge in [0.2, 0.25) is 0 Å². The molecule has 3 aromatic rings. The van der Waals surface area contributed by atoms with Crippen LogP contribution in [-0.4, -0.2) is 0 Å². The number of benzene rings is 3. The number of hydrazine groups is 1. The second-order valence-corrected chi connectivity index (χ2v) is 6.29. The molecule has 0 aliphatic carbocycles. The Balaban J connectivity index is 1.58. The zero-order chi connectivity index (χ0) is 16.6. The molecule has 0 radical (unpaired) electrons. The van der Waals surface area contributed by atoms with Crippen molar-refractivity contribution in [1.29, 1.82) is 0 Å². The van der Waals surface area contributed by atoms with Gasteiger partial charge in [0.25, 0.3) is 0 Å². The fourth-order valence-electron chi connectivity index (χ4n) is 2.34. The van der Waals surface area contributed by atoms with Crippen LogP contribution in [0.15, 0.2) is 83.3 Å². The minimum absolute atomic E-state index is 0.544. The van der Waals surface area contributed by atoms with Gasteiger partial charge < -0.3 is 10.2 Å². The van der Waals surface area contributed by atoms with E-state index < -0.39 is 0 Å². The Morgan fingerprint density at radius 2 is 1.62 bits per heavy atom. The molecular formula is C20H19BrN2O. The molecule has 3 nitrogen and oxygen atoms in total. The lowest BCUT2D eigenvalue weighted by Gasteiger charge is -2.13. The largest absolute Gasteiger partial charge is 0.489 e. The zero-order valence-electron chi connectivity index (χ0n) is 13.2. The molecule has 0 fully saturated rings. The summed E-state index contributed by atoms with van der Waals surface area (Å²) in [4.78, 5) is 0. The molecule has 0 aliphatic heterocycles. The van der Waals surface area contributed by atoms with Crippen LogP contribution in [0.2, 0.25) is 0 Å². The molecule has 2 N–H and O–H groups in total. The van der Waals surface area contributed by atoms with Crippen LogP contribution in [0.3, 0.4) is 0 Å². The number of halogens is 1. The predicted molar refractivity (Wildman–Crippen MR) is 102 cm³/mol. The Hall–Kier alpha value is -2.30. The van der Waals surface area contributed by atoms with Crippen LogP contribution in [0.1, 0.15) is 11.1 Å². The smallest absolute Gasteiger partial charge is 0.124 e. The summed E-state index contributed by atoms with van der Waals surface area (Å²) in [5, 5.41) is 0. The number of nitrogens with one attached hydrogen (secondary N) is 2. The highest BCUT2D eigenvalue weighted by Crippen LogP contribution is 2.20. The van der Waals surface area contributed by atoms with Gasteiger partial charge in [0.1, 0.15) is 12.4 Å². The molecule has 122 valence electrons. The first-order valence-electron chi connectivity index (χ1n) is 7.80. The maximum absolute atomic E-state index is 5.99. The summed E-state index contributed by atoms with van der Waals surface area (Å²) in [6.07, 6.45) is 0. The van der Waals surface area contributed by atoms with Crippen LogP contribution in [0.25, 0.3) is 0 Å². The molecule has 0 atom stereocenters. The van der Waals surface area contributed by atoms with Crippen LogP contribution < -0.4 is 15.6 Å². The van der Waals surface area contributed by atoms with E-state index in [9.17, 15) is 0 Å². The lowest BCUT2D eigenvalue weighted by Crippen LogP contribution is -2.21. The van der Waals surface area contributed by atoms with Crippen LogP contribution in [0.5, 0.6) is 5.75 Å². The highest BCUT2D eigenvalue weighted by Gasteiger charge is 2.03. The molecule has 0 bridgehead atoms. The molecule has 3 rings (SSSR count). The molecule has 0 aliphatic rings. The van der Waals surface area contributed by atoms with Gasteiger partial charge >= 0.3 is 0 Å². The Labute approximate surface area is 150 Å². The standard InChI is InChI=1S/C20H19BrN2O/c21-18-9-6-7-16(13-18)15-24-20-12-5-4-8-17(20)14-22-23-19-10-2-1-3-11-19/h1-13,22-23H,14-15H2. The first-order valence-corrected chi connectivity index (χ1v) is 8.59. The minimum Gasteiger partial charge on any atom is -0.489 e. The highest BCUT2D eigenvalue weighted by molar-refractivity contribution is 9.10. The third-order valence-corrected chi connectivity index (χ3v) is 4.03. The highest BCUT2D eigenvalue weighted by atomic mass is 79.9. The second kappa shape index (κ2) is 8.52. The summed E-state index contributed by atoms with van der Waals surface area (Å²) < 4.78 is 7.05. The molecule has 0 amide bonds. The van der Waals surface area contributed by atoms with E-state index in [2.05, 4.69) is 45.0 Å². The average Bonchev–Trinajstić information content (AvgIpc) is 2.62. The maximum atomic E-state index is 5.99. The molecule has 24 heavy (non-hydrogen) atoms. The van der Waals surface area contributed by atoms with E-state index in [1.807, 2.05) is 60.7 Å². The van der Waals surface area contributed by atoms with Gasteiger partial charge in [-0.25, -0.2) is 5.43 Å². The maximum Gasteiger partial charge on any atom is 0.124 e. The van der Waals surface area contributed by atoms with Crippen molar-refractivity contribution in [2.24, 2.45) is 0 Å². The summed E-state index contributed by atoms with van der Waals surface area (Å²) in [5.41, 5.74) is 9.69. The van der Waals surface area contributed by atoms with Crippen molar-refractivity contribution in [3.63, 3.8) is 0 Å². The van der Waals surface area contributed by atoms with E-state index in [1.165, 1.54) is 0 Å². The number of anilines is 1.